The number of rotatable bonds is 4. The van der Waals surface area contributed by atoms with E-state index in [1.165, 1.54) is 0 Å². The van der Waals surface area contributed by atoms with Gasteiger partial charge in [-0.05, 0) is 39.5 Å². The van der Waals surface area contributed by atoms with E-state index in [1.54, 1.807) is 12.3 Å². The number of hydrogen-bond acceptors (Lipinski definition) is 3. The molecule has 1 aromatic heterocycles. The van der Waals surface area contributed by atoms with E-state index < -0.39 is 0 Å². The Morgan fingerprint density at radius 2 is 1.91 bits per heavy atom. The van der Waals surface area contributed by atoms with Gasteiger partial charge < -0.3 is 10.1 Å². The summed E-state index contributed by atoms with van der Waals surface area (Å²) in [6.07, 6.45) is 1.63. The van der Waals surface area contributed by atoms with Crippen molar-refractivity contribution < 1.29 is 9.53 Å². The van der Waals surface area contributed by atoms with Crippen LogP contribution >= 0.6 is 15.9 Å². The van der Waals surface area contributed by atoms with Crippen molar-refractivity contribution in [1.29, 1.82) is 0 Å². The number of nitrogens with one attached hydrogen (secondary N) is 1. The molecule has 0 atom stereocenters. The van der Waals surface area contributed by atoms with Crippen LogP contribution in [0, 0.1) is 0 Å². The minimum atomic E-state index is -0.247. The average Bonchev–Trinajstić information content (AvgIpc) is 2.55. The third-order valence-electron chi connectivity index (χ3n) is 3.10. The molecule has 0 saturated heterocycles. The van der Waals surface area contributed by atoms with Crippen molar-refractivity contribution in [2.24, 2.45) is 0 Å². The Kier molecular flexibility index (Phi) is 4.34. The lowest BCUT2D eigenvalue weighted by atomic mass is 10.1. The van der Waals surface area contributed by atoms with Gasteiger partial charge >= 0.3 is 0 Å². The molecule has 2 aromatic carbocycles. The average molecular weight is 357 g/mol. The van der Waals surface area contributed by atoms with Gasteiger partial charge in [0.1, 0.15) is 11.6 Å². The Hall–Kier alpha value is -2.40. The van der Waals surface area contributed by atoms with Crippen LogP contribution in [0.15, 0.2) is 65.3 Å². The van der Waals surface area contributed by atoms with Crippen molar-refractivity contribution >= 4 is 38.4 Å². The predicted octanol–water partition coefficient (Wildman–Crippen LogP) is 4.01. The second-order valence-electron chi connectivity index (χ2n) is 4.68. The van der Waals surface area contributed by atoms with E-state index in [4.69, 9.17) is 4.74 Å². The summed E-state index contributed by atoms with van der Waals surface area (Å²) in [6, 6.07) is 17.2. The molecule has 0 unspecified atom stereocenters. The fraction of sp³-hybridized carbons (Fsp3) is 0.0588. The van der Waals surface area contributed by atoms with E-state index in [0.717, 1.165) is 15.2 Å². The number of nitrogens with zero attached hydrogens (tertiary/aromatic N) is 1. The molecule has 110 valence electrons. The smallest absolute Gasteiger partial charge is 0.263 e. The number of pyridine rings is 1. The van der Waals surface area contributed by atoms with Gasteiger partial charge in [-0.2, -0.15) is 0 Å². The number of hydrogen-bond donors (Lipinski definition) is 1. The summed E-state index contributed by atoms with van der Waals surface area (Å²) in [4.78, 5) is 16.0. The maximum absolute atomic E-state index is 11.9. The van der Waals surface area contributed by atoms with Crippen LogP contribution in [0.25, 0.3) is 10.8 Å². The molecule has 4 nitrogen and oxygen atoms in total. The van der Waals surface area contributed by atoms with E-state index >= 15 is 0 Å². The van der Waals surface area contributed by atoms with Crippen molar-refractivity contribution in [3.63, 3.8) is 0 Å². The second-order valence-corrected chi connectivity index (χ2v) is 5.59. The van der Waals surface area contributed by atoms with Crippen LogP contribution in [0.1, 0.15) is 0 Å². The lowest BCUT2D eigenvalue weighted by molar-refractivity contribution is -0.118. The zero-order valence-electron chi connectivity index (χ0n) is 11.6. The Labute approximate surface area is 136 Å². The van der Waals surface area contributed by atoms with Crippen molar-refractivity contribution in [1.82, 2.24) is 4.98 Å². The van der Waals surface area contributed by atoms with Gasteiger partial charge in [-0.1, -0.05) is 36.4 Å². The second kappa shape index (κ2) is 6.58. The highest BCUT2D eigenvalue weighted by molar-refractivity contribution is 9.10. The molecule has 0 bridgehead atoms. The molecule has 1 N–H and O–H groups in total. The lowest BCUT2D eigenvalue weighted by Crippen LogP contribution is -2.20. The number of ether oxygens (including phenoxy) is 1. The number of carbonyl (C=O) groups is 1. The van der Waals surface area contributed by atoms with E-state index in [0.29, 0.717) is 11.6 Å². The Bertz CT molecular complexity index is 798. The Morgan fingerprint density at radius 3 is 2.73 bits per heavy atom. The van der Waals surface area contributed by atoms with Gasteiger partial charge in [-0.25, -0.2) is 4.98 Å². The molecule has 0 radical (unpaired) electrons. The first-order chi connectivity index (χ1) is 10.7. The van der Waals surface area contributed by atoms with Gasteiger partial charge in [0.15, 0.2) is 6.61 Å². The molecule has 3 aromatic rings. The number of benzene rings is 2. The Balaban J connectivity index is 1.66. The van der Waals surface area contributed by atoms with E-state index in [-0.39, 0.29) is 12.5 Å². The number of fused-ring (bicyclic) bond motifs is 1. The number of halogens is 1. The summed E-state index contributed by atoms with van der Waals surface area (Å²) < 4.78 is 6.49. The summed E-state index contributed by atoms with van der Waals surface area (Å²) in [5.74, 6) is 0.939. The molecule has 3 rings (SSSR count). The lowest BCUT2D eigenvalue weighted by Gasteiger charge is -2.09. The van der Waals surface area contributed by atoms with Gasteiger partial charge in [0.05, 0.1) is 0 Å². The quantitative estimate of drug-likeness (QED) is 0.768. The van der Waals surface area contributed by atoms with Crippen LogP contribution in [0.3, 0.4) is 0 Å². The molecule has 1 heterocycles. The monoisotopic (exact) mass is 356 g/mol. The van der Waals surface area contributed by atoms with Gasteiger partial charge in [0, 0.05) is 16.1 Å². The fourth-order valence-corrected chi connectivity index (χ4v) is 2.33. The minimum Gasteiger partial charge on any atom is -0.483 e. The molecule has 0 saturated carbocycles. The predicted molar refractivity (Wildman–Crippen MR) is 90.0 cm³/mol. The van der Waals surface area contributed by atoms with Crippen LogP contribution in [0.2, 0.25) is 0 Å². The first-order valence-electron chi connectivity index (χ1n) is 6.74. The fourth-order valence-electron chi connectivity index (χ4n) is 2.09. The molecule has 22 heavy (non-hydrogen) atoms. The van der Waals surface area contributed by atoms with Crippen molar-refractivity contribution in [2.45, 2.75) is 0 Å². The van der Waals surface area contributed by atoms with Crippen LogP contribution in [0.4, 0.5) is 5.82 Å². The maximum Gasteiger partial charge on any atom is 0.263 e. The van der Waals surface area contributed by atoms with Gasteiger partial charge in [-0.15, -0.1) is 0 Å². The number of aromatic nitrogens is 1. The molecular formula is C17H13BrN2O2. The summed E-state index contributed by atoms with van der Waals surface area (Å²) in [5, 5.41) is 4.76. The SMILES string of the molecule is O=C(COc1cccc2ccccc12)Nc1ccc(Br)cn1. The number of carbonyl (C=O) groups excluding carboxylic acids is 1. The van der Waals surface area contributed by atoms with Gasteiger partial charge in [-0.3, -0.25) is 4.79 Å². The summed E-state index contributed by atoms with van der Waals surface area (Å²) in [7, 11) is 0. The molecule has 0 fully saturated rings. The molecule has 5 heteroatoms. The van der Waals surface area contributed by atoms with Crippen LogP contribution < -0.4 is 10.1 Å². The van der Waals surface area contributed by atoms with Crippen molar-refractivity contribution in [2.75, 3.05) is 11.9 Å². The first-order valence-corrected chi connectivity index (χ1v) is 7.53. The van der Waals surface area contributed by atoms with Crippen LogP contribution in [0.5, 0.6) is 5.75 Å². The standard InChI is InChI=1S/C17H13BrN2O2/c18-13-8-9-16(19-10-13)20-17(21)11-22-15-7-3-5-12-4-1-2-6-14(12)15/h1-10H,11H2,(H,19,20,21). The first kappa shape index (κ1) is 14.5. The van der Waals surface area contributed by atoms with E-state index in [1.807, 2.05) is 48.5 Å². The highest BCUT2D eigenvalue weighted by Gasteiger charge is 2.06. The minimum absolute atomic E-state index is 0.0637. The van der Waals surface area contributed by atoms with Gasteiger partial charge in [0.25, 0.3) is 5.91 Å². The number of amides is 1. The van der Waals surface area contributed by atoms with Crippen LogP contribution in [-0.2, 0) is 4.79 Å². The zero-order chi connectivity index (χ0) is 15.4. The van der Waals surface area contributed by atoms with E-state index in [2.05, 4.69) is 26.2 Å². The molecule has 0 aliphatic heterocycles. The third-order valence-corrected chi connectivity index (χ3v) is 3.57. The molecule has 1 amide bonds. The third kappa shape index (κ3) is 3.43. The molecule has 0 aliphatic rings. The highest BCUT2D eigenvalue weighted by Crippen LogP contribution is 2.25. The number of anilines is 1. The van der Waals surface area contributed by atoms with Crippen molar-refractivity contribution in [3.8, 4) is 5.75 Å². The highest BCUT2D eigenvalue weighted by atomic mass is 79.9. The summed E-state index contributed by atoms with van der Waals surface area (Å²) in [6.45, 7) is -0.0637. The Morgan fingerprint density at radius 1 is 1.09 bits per heavy atom. The topological polar surface area (TPSA) is 51.2 Å². The summed E-state index contributed by atoms with van der Waals surface area (Å²) in [5.41, 5.74) is 0. The molecule has 0 aliphatic carbocycles. The molecule has 0 spiro atoms. The van der Waals surface area contributed by atoms with Crippen LogP contribution in [-0.4, -0.2) is 17.5 Å². The normalized spacial score (nSPS) is 10.4. The summed E-state index contributed by atoms with van der Waals surface area (Å²) >= 11 is 3.30. The van der Waals surface area contributed by atoms with Gasteiger partial charge in [0.2, 0.25) is 0 Å². The largest absolute Gasteiger partial charge is 0.483 e. The zero-order valence-corrected chi connectivity index (χ0v) is 13.2. The maximum atomic E-state index is 11.9. The van der Waals surface area contributed by atoms with E-state index in [9.17, 15) is 4.79 Å². The molecular weight excluding hydrogens is 344 g/mol. The van der Waals surface area contributed by atoms with Crippen molar-refractivity contribution in [3.05, 3.63) is 65.3 Å².